The Morgan fingerprint density at radius 2 is 2.33 bits per heavy atom. The molecule has 1 unspecified atom stereocenters. The van der Waals surface area contributed by atoms with Gasteiger partial charge in [0.1, 0.15) is 0 Å². The molecule has 1 rings (SSSR count). The predicted molar refractivity (Wildman–Crippen MR) is 64.1 cm³/mol. The second kappa shape index (κ2) is 5.75. The van der Waals surface area contributed by atoms with Gasteiger partial charge in [0, 0.05) is 6.54 Å². The van der Waals surface area contributed by atoms with Crippen LogP contribution in [-0.4, -0.2) is 37.7 Å². The molecule has 0 aromatic carbocycles. The Balaban J connectivity index is 2.20. The van der Waals surface area contributed by atoms with E-state index in [9.17, 15) is 4.79 Å². The number of methoxy groups -OCH3 is 1. The zero-order valence-corrected chi connectivity index (χ0v) is 10.7. The third-order valence-electron chi connectivity index (χ3n) is 2.76. The summed E-state index contributed by atoms with van der Waals surface area (Å²) in [7, 11) is 1.44. The number of hydrogen-bond donors (Lipinski definition) is 1. The summed E-state index contributed by atoms with van der Waals surface area (Å²) in [6, 6.07) is 0. The van der Waals surface area contributed by atoms with Gasteiger partial charge in [-0.1, -0.05) is 0 Å². The molecule has 0 aromatic heterocycles. The number of nitrogens with one attached hydrogen (secondary N) is 1. The van der Waals surface area contributed by atoms with Gasteiger partial charge < -0.3 is 10.1 Å². The Morgan fingerprint density at radius 1 is 1.60 bits per heavy atom. The Hall–Kier alpha value is -0.220. The molecule has 88 valence electrons. The molecule has 0 amide bonds. The topological polar surface area (TPSA) is 38.3 Å². The lowest BCUT2D eigenvalue weighted by molar-refractivity contribution is -0.150. The second-order valence-corrected chi connectivity index (χ2v) is 5.89. The fourth-order valence-electron chi connectivity index (χ4n) is 1.68. The van der Waals surface area contributed by atoms with E-state index < -0.39 is 5.41 Å². The predicted octanol–water partition coefficient (Wildman–Crippen LogP) is 1.53. The van der Waals surface area contributed by atoms with Crippen LogP contribution in [0.15, 0.2) is 0 Å². The normalized spacial score (nSPS) is 21.7. The maximum Gasteiger partial charge on any atom is 0.312 e. The Bertz CT molecular complexity index is 213. The van der Waals surface area contributed by atoms with Crippen molar-refractivity contribution in [2.45, 2.75) is 20.3 Å². The maximum atomic E-state index is 11.4. The number of carbonyl (C=O) groups excluding carboxylic acids is 1. The molecule has 0 spiro atoms. The van der Waals surface area contributed by atoms with Crippen LogP contribution < -0.4 is 5.32 Å². The third kappa shape index (κ3) is 4.03. The van der Waals surface area contributed by atoms with Crippen LogP contribution in [0.1, 0.15) is 20.3 Å². The second-order valence-electron chi connectivity index (χ2n) is 4.74. The molecule has 4 heteroatoms. The van der Waals surface area contributed by atoms with Crippen LogP contribution in [-0.2, 0) is 9.53 Å². The fourth-order valence-corrected chi connectivity index (χ4v) is 2.97. The van der Waals surface area contributed by atoms with Gasteiger partial charge in [0.15, 0.2) is 0 Å². The molecular formula is C11H21NO2S. The molecule has 0 aromatic rings. The molecule has 1 saturated heterocycles. The highest BCUT2D eigenvalue weighted by molar-refractivity contribution is 7.99. The minimum Gasteiger partial charge on any atom is -0.469 e. The molecule has 0 radical (unpaired) electrons. The standard InChI is InChI=1S/C11H21NO2S/c1-11(2,10(13)14-3)8-12-6-9-4-5-15-7-9/h9,12H,4-8H2,1-3H3. The summed E-state index contributed by atoms with van der Waals surface area (Å²) in [5, 5.41) is 3.37. The van der Waals surface area contributed by atoms with Gasteiger partial charge in [-0.25, -0.2) is 0 Å². The van der Waals surface area contributed by atoms with Crippen LogP contribution in [0.3, 0.4) is 0 Å². The summed E-state index contributed by atoms with van der Waals surface area (Å²) in [6.45, 7) is 5.54. The number of ether oxygens (including phenoxy) is 1. The molecule has 3 nitrogen and oxygen atoms in total. The number of rotatable bonds is 5. The molecule has 1 atom stereocenters. The molecule has 0 aliphatic carbocycles. The molecule has 1 heterocycles. The largest absolute Gasteiger partial charge is 0.469 e. The van der Waals surface area contributed by atoms with Gasteiger partial charge in [0.2, 0.25) is 0 Å². The highest BCUT2D eigenvalue weighted by Crippen LogP contribution is 2.23. The zero-order valence-electron chi connectivity index (χ0n) is 9.84. The Kier molecular flexibility index (Phi) is 4.93. The van der Waals surface area contributed by atoms with Gasteiger partial charge in [-0.05, 0) is 44.2 Å². The van der Waals surface area contributed by atoms with Crippen molar-refractivity contribution in [2.24, 2.45) is 11.3 Å². The minimum atomic E-state index is -0.416. The van der Waals surface area contributed by atoms with Crippen molar-refractivity contribution >= 4 is 17.7 Å². The summed E-state index contributed by atoms with van der Waals surface area (Å²) in [4.78, 5) is 11.4. The van der Waals surface area contributed by atoms with Crippen LogP contribution in [0, 0.1) is 11.3 Å². The van der Waals surface area contributed by atoms with Crippen molar-refractivity contribution in [1.29, 1.82) is 0 Å². The Labute approximate surface area is 96.3 Å². The SMILES string of the molecule is COC(=O)C(C)(C)CNCC1CCSC1. The van der Waals surface area contributed by atoms with Crippen LogP contribution in [0.4, 0.5) is 0 Å². The first-order chi connectivity index (χ1) is 7.06. The van der Waals surface area contributed by atoms with Crippen molar-refractivity contribution < 1.29 is 9.53 Å². The monoisotopic (exact) mass is 231 g/mol. The summed E-state index contributed by atoms with van der Waals surface area (Å²) >= 11 is 2.02. The van der Waals surface area contributed by atoms with Crippen LogP contribution in [0.2, 0.25) is 0 Å². The fraction of sp³-hybridized carbons (Fsp3) is 0.909. The zero-order chi connectivity index (χ0) is 11.3. The summed E-state index contributed by atoms with van der Waals surface area (Å²) < 4.78 is 4.75. The van der Waals surface area contributed by atoms with Crippen molar-refractivity contribution in [1.82, 2.24) is 5.32 Å². The molecular weight excluding hydrogens is 210 g/mol. The molecule has 0 saturated carbocycles. The first kappa shape index (κ1) is 12.8. The van der Waals surface area contributed by atoms with E-state index in [4.69, 9.17) is 4.74 Å². The summed E-state index contributed by atoms with van der Waals surface area (Å²) in [6.07, 6.45) is 1.30. The quantitative estimate of drug-likeness (QED) is 0.728. The molecule has 1 aliphatic heterocycles. The van der Waals surface area contributed by atoms with Gasteiger partial charge >= 0.3 is 5.97 Å². The van der Waals surface area contributed by atoms with Crippen molar-refractivity contribution in [3.05, 3.63) is 0 Å². The smallest absolute Gasteiger partial charge is 0.312 e. The number of thioether (sulfide) groups is 1. The average molecular weight is 231 g/mol. The van der Waals surface area contributed by atoms with Gasteiger partial charge in [-0.15, -0.1) is 0 Å². The van der Waals surface area contributed by atoms with Gasteiger partial charge in [-0.2, -0.15) is 11.8 Å². The van der Waals surface area contributed by atoms with E-state index in [0.29, 0.717) is 6.54 Å². The molecule has 15 heavy (non-hydrogen) atoms. The first-order valence-corrected chi connectivity index (χ1v) is 6.58. The molecule has 1 N–H and O–H groups in total. The van der Waals surface area contributed by atoms with Crippen LogP contribution in [0.25, 0.3) is 0 Å². The van der Waals surface area contributed by atoms with E-state index in [1.165, 1.54) is 25.0 Å². The first-order valence-electron chi connectivity index (χ1n) is 5.43. The van der Waals surface area contributed by atoms with E-state index in [1.54, 1.807) is 0 Å². The van der Waals surface area contributed by atoms with Crippen LogP contribution in [0.5, 0.6) is 0 Å². The maximum absolute atomic E-state index is 11.4. The summed E-state index contributed by atoms with van der Waals surface area (Å²) in [5.41, 5.74) is -0.416. The lowest BCUT2D eigenvalue weighted by Crippen LogP contribution is -2.38. The van der Waals surface area contributed by atoms with E-state index in [1.807, 2.05) is 25.6 Å². The highest BCUT2D eigenvalue weighted by Gasteiger charge is 2.28. The van der Waals surface area contributed by atoms with Crippen LogP contribution >= 0.6 is 11.8 Å². The van der Waals surface area contributed by atoms with Gasteiger partial charge in [0.05, 0.1) is 12.5 Å². The summed E-state index contributed by atoms with van der Waals surface area (Å²) in [5.74, 6) is 3.18. The van der Waals surface area contributed by atoms with E-state index in [2.05, 4.69) is 5.32 Å². The van der Waals surface area contributed by atoms with Crippen molar-refractivity contribution in [3.63, 3.8) is 0 Å². The van der Waals surface area contributed by atoms with E-state index >= 15 is 0 Å². The van der Waals surface area contributed by atoms with Gasteiger partial charge in [-0.3, -0.25) is 4.79 Å². The highest BCUT2D eigenvalue weighted by atomic mass is 32.2. The van der Waals surface area contributed by atoms with E-state index in [-0.39, 0.29) is 5.97 Å². The minimum absolute atomic E-state index is 0.143. The molecule has 1 fully saturated rings. The lowest BCUT2D eigenvalue weighted by atomic mass is 9.93. The van der Waals surface area contributed by atoms with E-state index in [0.717, 1.165) is 12.5 Å². The lowest BCUT2D eigenvalue weighted by Gasteiger charge is -2.22. The molecule has 1 aliphatic rings. The van der Waals surface area contributed by atoms with Gasteiger partial charge in [0.25, 0.3) is 0 Å². The van der Waals surface area contributed by atoms with Crippen molar-refractivity contribution in [3.8, 4) is 0 Å². The third-order valence-corrected chi connectivity index (χ3v) is 3.99. The molecule has 0 bridgehead atoms. The number of hydrogen-bond acceptors (Lipinski definition) is 4. The average Bonchev–Trinajstić information content (AvgIpc) is 2.69. The Morgan fingerprint density at radius 3 is 2.87 bits per heavy atom. The number of carbonyl (C=O) groups is 1. The van der Waals surface area contributed by atoms with Crippen molar-refractivity contribution in [2.75, 3.05) is 31.7 Å². The number of esters is 1.